The van der Waals surface area contributed by atoms with Crippen LogP contribution in [-0.4, -0.2) is 156 Å². The van der Waals surface area contributed by atoms with E-state index in [0.717, 1.165) is 20.7 Å². The van der Waals surface area contributed by atoms with Crippen molar-refractivity contribution < 1.29 is 78.8 Å². The van der Waals surface area contributed by atoms with E-state index in [0.29, 0.717) is 75.1 Å². The molecule has 9 aromatic rings. The number of carboxylic acid groups (broad SMARTS) is 2. The number of amides is 1. The number of hydrogen-bond donors (Lipinski definition) is 7. The lowest BCUT2D eigenvalue weighted by Crippen LogP contribution is -2.40. The molecular weight excluding hydrogens is 1610 g/mol. The topological polar surface area (TPSA) is 274 Å². The molecule has 13 rings (SSSR count). The van der Waals surface area contributed by atoms with Gasteiger partial charge in [0.15, 0.2) is 5.82 Å². The number of esters is 2. The van der Waals surface area contributed by atoms with E-state index in [-0.39, 0.29) is 139 Å². The second kappa shape index (κ2) is 42.7. The van der Waals surface area contributed by atoms with Crippen LogP contribution in [0.1, 0.15) is 115 Å². The van der Waals surface area contributed by atoms with Crippen LogP contribution < -0.4 is 31.1 Å². The molecule has 0 aliphatic carbocycles. The summed E-state index contributed by atoms with van der Waals surface area (Å²) in [5, 5.41) is 41.2. The molecule has 0 saturated carbocycles. The van der Waals surface area contributed by atoms with Gasteiger partial charge in [-0.05, 0) is 121 Å². The number of aromatic amines is 2. The summed E-state index contributed by atoms with van der Waals surface area (Å²) in [5.74, 6) is -12.1. The molecule has 8 N–H and O–H groups in total. The minimum Gasteiger partial charge on any atom is -0.478 e. The summed E-state index contributed by atoms with van der Waals surface area (Å²) >= 11 is 9.57. The van der Waals surface area contributed by atoms with E-state index in [1.807, 2.05) is 63.0 Å². The van der Waals surface area contributed by atoms with Gasteiger partial charge in [0, 0.05) is 131 Å². The van der Waals surface area contributed by atoms with Gasteiger partial charge in [-0.15, -0.1) is 47.5 Å². The number of ether oxygens (including phenoxy) is 2. The number of H-pyrrole nitrogens is 2. The maximum atomic E-state index is 13.4. The van der Waals surface area contributed by atoms with Gasteiger partial charge >= 0.3 is 23.9 Å². The van der Waals surface area contributed by atoms with Crippen molar-refractivity contribution in [1.82, 2.24) is 36.0 Å². The third-order valence-corrected chi connectivity index (χ3v) is 19.3. The van der Waals surface area contributed by atoms with Gasteiger partial charge in [-0.3, -0.25) is 15.0 Å². The van der Waals surface area contributed by atoms with Crippen molar-refractivity contribution in [1.29, 1.82) is 0 Å². The van der Waals surface area contributed by atoms with E-state index >= 15 is 0 Å². The lowest BCUT2D eigenvalue weighted by atomic mass is 10.0. The van der Waals surface area contributed by atoms with Gasteiger partial charge in [-0.1, -0.05) is 72.8 Å². The van der Waals surface area contributed by atoms with E-state index in [4.69, 9.17) is 20.7 Å². The molecule has 1 amide bonds. The predicted molar refractivity (Wildman–Crippen MR) is 406 cm³/mol. The fraction of sp³-hybridized carbons (Fsp3) is 0.333. The third kappa shape index (κ3) is 27.7. The minimum atomic E-state index is -2.62. The van der Waals surface area contributed by atoms with Crippen LogP contribution in [0.15, 0.2) is 171 Å². The number of nitrogens with one attached hydrogen (secondary N) is 4. The number of carbonyl (C=O) groups excluding carboxylic acids is 3. The quantitative estimate of drug-likeness (QED) is 0.0417. The van der Waals surface area contributed by atoms with Gasteiger partial charge in [0.05, 0.1) is 69.7 Å². The average Bonchev–Trinajstić information content (AvgIpc) is 0.990. The Morgan fingerprint density at radius 3 is 1.29 bits per heavy atom. The fourth-order valence-corrected chi connectivity index (χ4v) is 12.7. The average molecular weight is 1690 g/mol. The number of hydrogen-bond acceptors (Lipinski definition) is 17. The Morgan fingerprint density at radius 2 is 0.896 bits per heavy atom. The number of carbonyl (C=O) groups is 5. The number of alkyl halides is 8. The largest absolute Gasteiger partial charge is 0.478 e. The lowest BCUT2D eigenvalue weighted by molar-refractivity contribution is -0.0276. The Kier molecular flexibility index (Phi) is 35.5. The molecule has 0 bridgehead atoms. The standard InChI is InChI=1S/C19H19F2N5OS.C13H15F2NO2.C12H13F2NO2.C8H7BrO2.C8H9N3S.C7H5BrO2.C5H9F2N.2ClH/c20-19(21)7-9-26(10-8-19)14-5-2-1-4-13(14)18(27)22-12-16-23-17(25-24-16)15-6-3-11-28-15;1-18-12(17)10-4-2-3-5-11(10)16-8-6-13(14,15)7-9-16;13-12(14)5-7-15(8-6-12)10-4-2-1-3-9(10)11(16)17;1-11-8(10)6-4-2-3-5-7(6)9;9-5-6-4-7(11-10-6)8-2-1-3-12-8;8-6-4-2-1-3-5(6)7(9)10;6-5(7)1-3-8-4-2-5;;/h1-6,11H,7-10,12H2,(H,22,27)(H,23,24,25);2-5H,6-9H2,1H3;1-4H,5-8H2,(H,16,17);2-5H,1H3;1-4H,5,9H2,(H,10,11);1-4H,(H,9,10);8H,1-4H2;2*1H. The smallest absolute Gasteiger partial charge is 0.339 e. The molecule has 8 heterocycles. The molecule has 0 atom stereocenters. The number of piperidine rings is 4. The Balaban J connectivity index is 0.000000230. The van der Waals surface area contributed by atoms with Crippen LogP contribution in [0, 0.1) is 0 Å². The first-order chi connectivity index (χ1) is 49.6. The summed E-state index contributed by atoms with van der Waals surface area (Å²) in [6, 6.07) is 44.2. The number of rotatable bonds is 13. The summed E-state index contributed by atoms with van der Waals surface area (Å²) in [6.07, 6.45) is -1.19. The van der Waals surface area contributed by atoms with Crippen LogP contribution in [0.4, 0.5) is 52.2 Å². The van der Waals surface area contributed by atoms with Gasteiger partial charge in [0.25, 0.3) is 29.6 Å². The second-order valence-electron chi connectivity index (χ2n) is 23.5. The number of methoxy groups -OCH3 is 2. The molecule has 4 fully saturated rings. The van der Waals surface area contributed by atoms with Gasteiger partial charge in [0.1, 0.15) is 11.5 Å². The van der Waals surface area contributed by atoms with Gasteiger partial charge in [-0.2, -0.15) is 10.2 Å². The first-order valence-electron chi connectivity index (χ1n) is 32.5. The van der Waals surface area contributed by atoms with E-state index in [2.05, 4.69) is 72.6 Å². The summed E-state index contributed by atoms with van der Waals surface area (Å²) in [5.41, 5.74) is 11.2. The number of aromatic nitrogens is 5. The Bertz CT molecular complexity index is 4190. The maximum absolute atomic E-state index is 13.4. The van der Waals surface area contributed by atoms with Crippen LogP contribution in [0.25, 0.3) is 21.3 Å². The summed E-state index contributed by atoms with van der Waals surface area (Å²) in [6.45, 7) is 2.98. The number of thiophene rings is 2. The number of nitrogens with zero attached hydrogens (tertiary/aromatic N) is 6. The molecule has 5 aromatic carbocycles. The molecule has 4 saturated heterocycles. The molecular formula is C72H79Br2Cl2F8N11O9S2. The SMILES string of the molecule is COC(=O)c1ccccc1Br.COC(=O)c1ccccc1N1CCC(F)(F)CC1.Cl.Cl.FC1(F)CCNCC1.NCc1cc(-c2cccs2)n[nH]1.O=C(NCc1nc(-c2cccs2)n[nH]1)c1ccccc1N1CCC(F)(F)CC1.O=C(O)c1ccccc1Br.O=C(O)c1ccccc1N1CCC(F)(F)CC1. The fourth-order valence-electron chi connectivity index (χ4n) is 10.5. The Labute approximate surface area is 643 Å². The molecule has 0 spiro atoms. The molecule has 572 valence electrons. The highest BCUT2D eigenvalue weighted by molar-refractivity contribution is 9.10. The molecule has 34 heteroatoms. The minimum absolute atomic E-state index is 0. The molecule has 0 radical (unpaired) electrons. The van der Waals surface area contributed by atoms with Crippen LogP contribution in [-0.2, 0) is 22.6 Å². The lowest BCUT2D eigenvalue weighted by Gasteiger charge is -2.34. The highest BCUT2D eigenvalue weighted by Crippen LogP contribution is 2.36. The zero-order valence-electron chi connectivity index (χ0n) is 57.2. The second-order valence-corrected chi connectivity index (χ2v) is 27.1. The van der Waals surface area contributed by atoms with E-state index < -0.39 is 41.6 Å². The number of carboxylic acids is 2. The van der Waals surface area contributed by atoms with Crippen molar-refractivity contribution >= 4 is 126 Å². The summed E-state index contributed by atoms with van der Waals surface area (Å²) in [7, 11) is 2.67. The number of benzene rings is 5. The highest BCUT2D eigenvalue weighted by Gasteiger charge is 2.38. The molecule has 0 unspecified atom stereocenters. The van der Waals surface area contributed by atoms with E-state index in [1.165, 1.54) is 36.5 Å². The van der Waals surface area contributed by atoms with Gasteiger partial charge < -0.3 is 50.8 Å². The summed E-state index contributed by atoms with van der Waals surface area (Å²) < 4.78 is 114. The number of nitrogens with two attached hydrogens (primary N) is 1. The molecule has 4 aromatic heterocycles. The number of aromatic carboxylic acids is 2. The van der Waals surface area contributed by atoms with Gasteiger partial charge in [0.2, 0.25) is 0 Å². The van der Waals surface area contributed by atoms with Crippen LogP contribution in [0.3, 0.4) is 0 Å². The van der Waals surface area contributed by atoms with Crippen LogP contribution >= 0.6 is 79.3 Å². The number of halogens is 12. The van der Waals surface area contributed by atoms with Crippen molar-refractivity contribution in [2.75, 3.05) is 81.3 Å². The van der Waals surface area contributed by atoms with E-state index in [9.17, 15) is 59.1 Å². The molecule has 20 nitrogen and oxygen atoms in total. The van der Waals surface area contributed by atoms with Crippen molar-refractivity contribution in [2.24, 2.45) is 5.73 Å². The molecule has 4 aliphatic rings. The monoisotopic (exact) mass is 1690 g/mol. The highest BCUT2D eigenvalue weighted by atomic mass is 79.9. The normalized spacial score (nSPS) is 15.6. The Morgan fingerprint density at radius 1 is 0.509 bits per heavy atom. The molecule has 106 heavy (non-hydrogen) atoms. The van der Waals surface area contributed by atoms with Crippen molar-refractivity contribution in [3.05, 3.63) is 211 Å². The number of para-hydroxylation sites is 3. The van der Waals surface area contributed by atoms with Gasteiger partial charge in [-0.25, -0.2) is 59.3 Å². The first kappa shape index (κ1) is 88.1. The number of anilines is 3. The Hall–Kier alpha value is -8.50. The molecule has 4 aliphatic heterocycles. The summed E-state index contributed by atoms with van der Waals surface area (Å²) in [4.78, 5) is 68.6. The predicted octanol–water partition coefficient (Wildman–Crippen LogP) is 16.9. The van der Waals surface area contributed by atoms with Crippen LogP contribution in [0.2, 0.25) is 0 Å². The van der Waals surface area contributed by atoms with E-state index in [1.54, 1.807) is 119 Å². The van der Waals surface area contributed by atoms with Crippen molar-refractivity contribution in [3.63, 3.8) is 0 Å². The van der Waals surface area contributed by atoms with Crippen molar-refractivity contribution in [2.45, 2.75) is 88.1 Å². The maximum Gasteiger partial charge on any atom is 0.339 e. The zero-order chi connectivity index (χ0) is 75.5. The zero-order valence-corrected chi connectivity index (χ0v) is 63.7. The third-order valence-electron chi connectivity index (χ3n) is 16.1. The first-order valence-corrected chi connectivity index (χ1v) is 35.8. The van der Waals surface area contributed by atoms with Crippen molar-refractivity contribution in [3.8, 4) is 21.3 Å². The van der Waals surface area contributed by atoms with Crippen LogP contribution in [0.5, 0.6) is 0 Å².